The van der Waals surface area contributed by atoms with E-state index in [0.29, 0.717) is 28.1 Å². The van der Waals surface area contributed by atoms with Crippen LogP contribution in [0.3, 0.4) is 0 Å². The van der Waals surface area contributed by atoms with E-state index in [2.05, 4.69) is 0 Å². The standard InChI is InChI=1S/C37H38FN3O4S2/c38-30-19-15-27(16-20-30)26-45-32-21-17-28(18-22-32)35-29(25-41(39-35)31-12-8-7-9-13-31)24-33-36(44)40(37(46)47-33)23-11-6-4-2-1-3-5-10-14-34(42)43/h7-9,12-13,15-22,24-25H,1-6,10-11,14,23,26H2,(H,42,43). The number of ether oxygens (including phenoxy) is 1. The summed E-state index contributed by atoms with van der Waals surface area (Å²) in [5, 5.41) is 13.6. The number of thioether (sulfide) groups is 1. The van der Waals surface area contributed by atoms with Crippen molar-refractivity contribution in [3.05, 3.63) is 107 Å². The fraction of sp³-hybridized carbons (Fsp3) is 0.297. The maximum absolute atomic E-state index is 13.5. The zero-order chi connectivity index (χ0) is 33.0. The monoisotopic (exact) mass is 671 g/mol. The number of para-hydroxylation sites is 1. The van der Waals surface area contributed by atoms with Crippen molar-refractivity contribution in [1.29, 1.82) is 0 Å². The number of aromatic nitrogens is 2. The van der Waals surface area contributed by atoms with Crippen LogP contribution in [0.5, 0.6) is 5.75 Å². The molecule has 3 aromatic carbocycles. The average Bonchev–Trinajstić information content (AvgIpc) is 3.62. The van der Waals surface area contributed by atoms with Gasteiger partial charge >= 0.3 is 5.97 Å². The van der Waals surface area contributed by atoms with Crippen molar-refractivity contribution in [2.45, 2.75) is 64.4 Å². The van der Waals surface area contributed by atoms with E-state index in [9.17, 15) is 14.0 Å². The Hall–Kier alpha value is -4.28. The quantitative estimate of drug-likeness (QED) is 0.0681. The molecule has 0 saturated carbocycles. The Labute approximate surface area is 284 Å². The normalized spacial score (nSPS) is 13.9. The Morgan fingerprint density at radius 2 is 1.55 bits per heavy atom. The number of carbonyl (C=O) groups excluding carboxylic acids is 1. The molecular formula is C37H38FN3O4S2. The minimum Gasteiger partial charge on any atom is -0.489 e. The van der Waals surface area contributed by atoms with Crippen LogP contribution in [0.15, 0.2) is 90.0 Å². The van der Waals surface area contributed by atoms with Gasteiger partial charge in [-0.05, 0) is 73.0 Å². The number of hydrogen-bond donors (Lipinski definition) is 1. The van der Waals surface area contributed by atoms with E-state index in [1.807, 2.05) is 71.6 Å². The number of amides is 1. The molecule has 0 spiro atoms. The molecule has 47 heavy (non-hydrogen) atoms. The first kappa shape index (κ1) is 34.1. The fourth-order valence-electron chi connectivity index (χ4n) is 5.33. The van der Waals surface area contributed by atoms with Crippen molar-refractivity contribution < 1.29 is 23.8 Å². The second-order valence-corrected chi connectivity index (χ2v) is 13.1. The van der Waals surface area contributed by atoms with Gasteiger partial charge in [-0.2, -0.15) is 5.10 Å². The number of thiocarbonyl (C=S) groups is 1. The minimum atomic E-state index is -0.726. The van der Waals surface area contributed by atoms with Gasteiger partial charge in [-0.15, -0.1) is 0 Å². The molecule has 5 rings (SSSR count). The molecule has 1 amide bonds. The molecule has 0 aliphatic carbocycles. The average molecular weight is 672 g/mol. The number of carbonyl (C=O) groups is 2. The van der Waals surface area contributed by atoms with Crippen LogP contribution < -0.4 is 4.74 Å². The molecule has 1 fully saturated rings. The molecule has 1 saturated heterocycles. The summed E-state index contributed by atoms with van der Waals surface area (Å²) in [5.41, 5.74) is 4.18. The van der Waals surface area contributed by atoms with Crippen LogP contribution in [-0.4, -0.2) is 42.5 Å². The number of nitrogens with zero attached hydrogens (tertiary/aromatic N) is 3. The van der Waals surface area contributed by atoms with Gasteiger partial charge in [0.1, 0.15) is 22.5 Å². The number of hydrogen-bond acceptors (Lipinski definition) is 6. The van der Waals surface area contributed by atoms with Gasteiger partial charge in [0.15, 0.2) is 0 Å². The predicted octanol–water partition coefficient (Wildman–Crippen LogP) is 9.05. The topological polar surface area (TPSA) is 84.7 Å². The number of carboxylic acids is 1. The molecular weight excluding hydrogens is 634 g/mol. The molecule has 2 heterocycles. The van der Waals surface area contributed by atoms with Crippen molar-refractivity contribution in [1.82, 2.24) is 14.7 Å². The van der Waals surface area contributed by atoms with Crippen LogP contribution in [-0.2, 0) is 16.2 Å². The number of rotatable bonds is 17. The van der Waals surface area contributed by atoms with E-state index in [1.54, 1.807) is 17.0 Å². The molecule has 0 bridgehead atoms. The van der Waals surface area contributed by atoms with E-state index in [4.69, 9.17) is 27.2 Å². The lowest BCUT2D eigenvalue weighted by atomic mass is 10.1. The van der Waals surface area contributed by atoms with Gasteiger partial charge in [0, 0.05) is 30.3 Å². The molecule has 4 aromatic rings. The van der Waals surface area contributed by atoms with Crippen LogP contribution in [0.25, 0.3) is 23.0 Å². The summed E-state index contributed by atoms with van der Waals surface area (Å²) < 4.78 is 21.5. The third-order valence-electron chi connectivity index (χ3n) is 7.89. The SMILES string of the molecule is O=C(O)CCCCCCCCCCN1C(=O)C(=Cc2cn(-c3ccccc3)nc2-c2ccc(OCc3ccc(F)cc3)cc2)SC1=S. The minimum absolute atomic E-state index is 0.0821. The number of halogens is 1. The molecule has 244 valence electrons. The van der Waals surface area contributed by atoms with E-state index in [0.717, 1.165) is 79.4 Å². The maximum Gasteiger partial charge on any atom is 0.303 e. The van der Waals surface area contributed by atoms with Gasteiger partial charge in [-0.1, -0.05) is 92.8 Å². The lowest BCUT2D eigenvalue weighted by Crippen LogP contribution is -2.29. The molecule has 0 unspecified atom stereocenters. The second kappa shape index (κ2) is 17.0. The first-order chi connectivity index (χ1) is 22.9. The molecule has 1 N–H and O–H groups in total. The van der Waals surface area contributed by atoms with Crippen LogP contribution in [0, 0.1) is 5.82 Å². The van der Waals surface area contributed by atoms with Crippen LogP contribution in [0.2, 0.25) is 0 Å². The van der Waals surface area contributed by atoms with Gasteiger partial charge in [0.05, 0.1) is 16.3 Å². The van der Waals surface area contributed by atoms with E-state index < -0.39 is 5.97 Å². The predicted molar refractivity (Wildman–Crippen MR) is 189 cm³/mol. The number of unbranched alkanes of at least 4 members (excludes halogenated alkanes) is 7. The first-order valence-electron chi connectivity index (χ1n) is 16.0. The Morgan fingerprint density at radius 1 is 0.894 bits per heavy atom. The summed E-state index contributed by atoms with van der Waals surface area (Å²) in [6.45, 7) is 0.918. The smallest absolute Gasteiger partial charge is 0.303 e. The number of benzene rings is 3. The Bertz CT molecular complexity index is 1690. The summed E-state index contributed by atoms with van der Waals surface area (Å²) in [6.07, 6.45) is 12.0. The summed E-state index contributed by atoms with van der Waals surface area (Å²) in [4.78, 5) is 26.3. The molecule has 1 aliphatic rings. The van der Waals surface area contributed by atoms with Crippen molar-refractivity contribution in [3.63, 3.8) is 0 Å². The molecule has 0 radical (unpaired) electrons. The summed E-state index contributed by atoms with van der Waals surface area (Å²) in [7, 11) is 0. The lowest BCUT2D eigenvalue weighted by Gasteiger charge is -2.14. The molecule has 1 aliphatic heterocycles. The summed E-state index contributed by atoms with van der Waals surface area (Å²) >= 11 is 6.93. The van der Waals surface area contributed by atoms with Crippen LogP contribution in [0.1, 0.15) is 68.9 Å². The third kappa shape index (κ3) is 9.86. The highest BCUT2D eigenvalue weighted by Crippen LogP contribution is 2.35. The molecule has 0 atom stereocenters. The van der Waals surface area contributed by atoms with Gasteiger partial charge in [0.2, 0.25) is 0 Å². The van der Waals surface area contributed by atoms with Gasteiger partial charge in [-0.3, -0.25) is 14.5 Å². The van der Waals surface area contributed by atoms with Crippen molar-refractivity contribution in [3.8, 4) is 22.7 Å². The van der Waals surface area contributed by atoms with E-state index in [1.165, 1.54) is 23.9 Å². The Morgan fingerprint density at radius 3 is 2.23 bits per heavy atom. The van der Waals surface area contributed by atoms with Gasteiger partial charge in [-0.25, -0.2) is 9.07 Å². The molecule has 7 nitrogen and oxygen atoms in total. The van der Waals surface area contributed by atoms with Crippen LogP contribution in [0.4, 0.5) is 4.39 Å². The zero-order valence-electron chi connectivity index (χ0n) is 26.1. The summed E-state index contributed by atoms with van der Waals surface area (Å²) in [5.74, 6) is -0.410. The highest BCUT2D eigenvalue weighted by Gasteiger charge is 2.32. The fourth-order valence-corrected chi connectivity index (χ4v) is 6.63. The highest BCUT2D eigenvalue weighted by molar-refractivity contribution is 8.26. The first-order valence-corrected chi connectivity index (χ1v) is 17.2. The molecule has 10 heteroatoms. The zero-order valence-corrected chi connectivity index (χ0v) is 27.8. The van der Waals surface area contributed by atoms with Gasteiger partial charge in [0.25, 0.3) is 5.91 Å². The van der Waals surface area contributed by atoms with Gasteiger partial charge < -0.3 is 9.84 Å². The maximum atomic E-state index is 13.5. The van der Waals surface area contributed by atoms with Crippen LogP contribution >= 0.6 is 24.0 Å². The Kier molecular flexibility index (Phi) is 12.3. The van der Waals surface area contributed by atoms with Crippen molar-refractivity contribution >= 4 is 46.3 Å². The summed E-state index contributed by atoms with van der Waals surface area (Å²) in [6, 6.07) is 23.7. The van der Waals surface area contributed by atoms with E-state index in [-0.39, 0.29) is 18.1 Å². The number of carboxylic acid groups (broad SMARTS) is 1. The Balaban J connectivity index is 1.22. The van der Waals surface area contributed by atoms with E-state index >= 15 is 0 Å². The highest BCUT2D eigenvalue weighted by atomic mass is 32.2. The van der Waals surface area contributed by atoms with Crippen molar-refractivity contribution in [2.24, 2.45) is 0 Å². The van der Waals surface area contributed by atoms with Crippen molar-refractivity contribution in [2.75, 3.05) is 6.54 Å². The lowest BCUT2D eigenvalue weighted by molar-refractivity contribution is -0.137. The third-order valence-corrected chi connectivity index (χ3v) is 9.27. The number of aliphatic carboxylic acids is 1. The molecule has 1 aromatic heterocycles. The second-order valence-electron chi connectivity index (χ2n) is 11.5. The largest absolute Gasteiger partial charge is 0.489 e.